The molecule has 22 heavy (non-hydrogen) atoms. The second-order valence-corrected chi connectivity index (χ2v) is 8.38. The van der Waals surface area contributed by atoms with Gasteiger partial charge in [-0.1, -0.05) is 38.0 Å². The van der Waals surface area contributed by atoms with Gasteiger partial charge in [0.05, 0.1) is 11.7 Å². The molecule has 4 atom stereocenters. The summed E-state index contributed by atoms with van der Waals surface area (Å²) < 4.78 is 6.00. The van der Waals surface area contributed by atoms with E-state index in [1.165, 1.54) is 11.1 Å². The summed E-state index contributed by atoms with van der Waals surface area (Å²) >= 11 is 0. The highest BCUT2D eigenvalue weighted by molar-refractivity contribution is 5.98. The molecule has 122 valence electrons. The van der Waals surface area contributed by atoms with E-state index in [0.29, 0.717) is 23.7 Å². The van der Waals surface area contributed by atoms with Crippen LogP contribution >= 0.6 is 0 Å². The molecule has 0 spiro atoms. The molecule has 1 aliphatic heterocycles. The molecule has 2 aliphatic carbocycles. The lowest BCUT2D eigenvalue weighted by atomic mass is 9.69. The lowest BCUT2D eigenvalue weighted by Crippen LogP contribution is -2.32. The predicted molar refractivity (Wildman–Crippen MR) is 89.6 cm³/mol. The van der Waals surface area contributed by atoms with Gasteiger partial charge >= 0.3 is 0 Å². The molecule has 0 saturated carbocycles. The van der Waals surface area contributed by atoms with E-state index >= 15 is 0 Å². The van der Waals surface area contributed by atoms with Crippen molar-refractivity contribution in [2.24, 2.45) is 17.3 Å². The summed E-state index contributed by atoms with van der Waals surface area (Å²) in [5.74, 6) is 1.17. The van der Waals surface area contributed by atoms with Crippen LogP contribution in [0.15, 0.2) is 23.3 Å². The van der Waals surface area contributed by atoms with Crippen LogP contribution in [0.5, 0.6) is 0 Å². The molecule has 2 nitrogen and oxygen atoms in total. The van der Waals surface area contributed by atoms with Crippen molar-refractivity contribution >= 4 is 5.78 Å². The van der Waals surface area contributed by atoms with Crippen molar-refractivity contribution in [1.82, 2.24) is 0 Å². The van der Waals surface area contributed by atoms with Crippen molar-refractivity contribution in [3.8, 4) is 0 Å². The van der Waals surface area contributed by atoms with Crippen LogP contribution in [0, 0.1) is 17.3 Å². The molecule has 0 aromatic rings. The number of ether oxygens (including phenoxy) is 1. The summed E-state index contributed by atoms with van der Waals surface area (Å²) in [6.45, 7) is 11.1. The molecule has 0 radical (unpaired) electrons. The van der Waals surface area contributed by atoms with Gasteiger partial charge in [0.15, 0.2) is 5.78 Å². The lowest BCUT2D eigenvalue weighted by molar-refractivity contribution is -0.123. The topological polar surface area (TPSA) is 29.6 Å². The quantitative estimate of drug-likeness (QED) is 0.512. The van der Waals surface area contributed by atoms with Gasteiger partial charge in [0.1, 0.15) is 0 Å². The van der Waals surface area contributed by atoms with Crippen molar-refractivity contribution in [2.75, 3.05) is 0 Å². The van der Waals surface area contributed by atoms with E-state index < -0.39 is 0 Å². The SMILES string of the molecule is C/C1=C\C[C@@]2(C)C(=O)C=C(C(C)C)[C@@H]2CC[C@@]2(C)O[C@@H]2CC1. The molecule has 1 saturated heterocycles. The average molecular weight is 302 g/mol. The Bertz CT molecular complexity index is 542. The number of epoxide rings is 1. The maximum Gasteiger partial charge on any atom is 0.162 e. The molecule has 0 bridgehead atoms. The highest BCUT2D eigenvalue weighted by Crippen LogP contribution is 2.52. The number of allylic oxidation sites excluding steroid dienone is 4. The summed E-state index contributed by atoms with van der Waals surface area (Å²) in [4.78, 5) is 12.7. The van der Waals surface area contributed by atoms with Crippen LogP contribution in [0.3, 0.4) is 0 Å². The van der Waals surface area contributed by atoms with Gasteiger partial charge < -0.3 is 4.74 Å². The molecular formula is C20H30O2. The van der Waals surface area contributed by atoms with Gasteiger partial charge in [0.25, 0.3) is 0 Å². The first-order chi connectivity index (χ1) is 10.3. The molecular weight excluding hydrogens is 272 g/mol. The zero-order chi connectivity index (χ0) is 16.1. The van der Waals surface area contributed by atoms with Crippen LogP contribution in [0.4, 0.5) is 0 Å². The first-order valence-corrected chi connectivity index (χ1v) is 8.85. The highest BCUT2D eigenvalue weighted by atomic mass is 16.6. The Kier molecular flexibility index (Phi) is 3.87. The molecule has 1 fully saturated rings. The third-order valence-corrected chi connectivity index (χ3v) is 6.34. The summed E-state index contributed by atoms with van der Waals surface area (Å²) in [6, 6.07) is 0. The Hall–Kier alpha value is -0.890. The number of hydrogen-bond acceptors (Lipinski definition) is 2. The van der Waals surface area contributed by atoms with Crippen molar-refractivity contribution in [1.29, 1.82) is 0 Å². The van der Waals surface area contributed by atoms with E-state index in [1.807, 2.05) is 6.08 Å². The molecule has 0 aromatic heterocycles. The Morgan fingerprint density at radius 1 is 1.27 bits per heavy atom. The maximum absolute atomic E-state index is 12.7. The van der Waals surface area contributed by atoms with Crippen molar-refractivity contribution in [2.45, 2.75) is 78.4 Å². The van der Waals surface area contributed by atoms with E-state index in [0.717, 1.165) is 32.1 Å². The van der Waals surface area contributed by atoms with Crippen LogP contribution in [0.2, 0.25) is 0 Å². The third kappa shape index (κ3) is 2.60. The number of hydrogen-bond donors (Lipinski definition) is 0. The number of ketones is 1. The zero-order valence-electron chi connectivity index (χ0n) is 14.7. The first-order valence-electron chi connectivity index (χ1n) is 8.85. The molecule has 0 aromatic carbocycles. The standard InChI is InChI=1S/C20H30O2/c1-13(2)15-12-17(21)19(4)10-8-14(3)6-7-18-20(5,22-18)11-9-16(15)19/h8,12-13,16,18H,6-7,9-11H2,1-5H3/b14-8+/t16-,18+,19+,20+/m0/s1. The maximum atomic E-state index is 12.7. The fraction of sp³-hybridized carbons (Fsp3) is 0.750. The predicted octanol–water partition coefficient (Wildman–Crippen LogP) is 4.84. The van der Waals surface area contributed by atoms with Crippen molar-refractivity contribution < 1.29 is 9.53 Å². The lowest BCUT2D eigenvalue weighted by Gasteiger charge is -2.33. The zero-order valence-corrected chi connectivity index (χ0v) is 14.7. The minimum atomic E-state index is -0.244. The van der Waals surface area contributed by atoms with E-state index in [9.17, 15) is 4.79 Å². The molecule has 0 N–H and O–H groups in total. The van der Waals surface area contributed by atoms with Crippen molar-refractivity contribution in [3.05, 3.63) is 23.3 Å². The third-order valence-electron chi connectivity index (χ3n) is 6.34. The molecule has 3 aliphatic rings. The van der Waals surface area contributed by atoms with Crippen LogP contribution < -0.4 is 0 Å². The first kappa shape index (κ1) is 16.0. The monoisotopic (exact) mass is 302 g/mol. The summed E-state index contributed by atoms with van der Waals surface area (Å²) in [5, 5.41) is 0. The summed E-state index contributed by atoms with van der Waals surface area (Å²) in [6.07, 6.45) is 9.95. The summed E-state index contributed by atoms with van der Waals surface area (Å²) in [5.41, 5.74) is 2.58. The molecule has 0 amide bonds. The number of rotatable bonds is 1. The van der Waals surface area contributed by atoms with E-state index in [1.54, 1.807) is 0 Å². The van der Waals surface area contributed by atoms with Crippen molar-refractivity contribution in [3.63, 3.8) is 0 Å². The Balaban J connectivity index is 1.92. The van der Waals surface area contributed by atoms with E-state index in [4.69, 9.17) is 4.74 Å². The van der Waals surface area contributed by atoms with Gasteiger partial charge in [0, 0.05) is 5.41 Å². The number of carbonyl (C=O) groups is 1. The van der Waals surface area contributed by atoms with E-state index in [2.05, 4.69) is 40.7 Å². The van der Waals surface area contributed by atoms with Gasteiger partial charge in [-0.25, -0.2) is 0 Å². The Labute approximate surface area is 135 Å². The second kappa shape index (κ2) is 5.33. The second-order valence-electron chi connectivity index (χ2n) is 8.38. The minimum Gasteiger partial charge on any atom is -0.366 e. The molecule has 0 unspecified atom stereocenters. The normalized spacial score (nSPS) is 44.5. The Morgan fingerprint density at radius 2 is 2.00 bits per heavy atom. The van der Waals surface area contributed by atoms with E-state index in [-0.39, 0.29) is 11.0 Å². The number of carbonyl (C=O) groups excluding carboxylic acids is 1. The Morgan fingerprint density at radius 3 is 2.68 bits per heavy atom. The van der Waals surface area contributed by atoms with Crippen LogP contribution in [0.25, 0.3) is 0 Å². The fourth-order valence-corrected chi connectivity index (χ4v) is 4.41. The van der Waals surface area contributed by atoms with Gasteiger partial charge in [-0.15, -0.1) is 0 Å². The summed E-state index contributed by atoms with van der Waals surface area (Å²) in [7, 11) is 0. The average Bonchev–Trinajstić information content (AvgIpc) is 3.03. The largest absolute Gasteiger partial charge is 0.366 e. The smallest absolute Gasteiger partial charge is 0.162 e. The number of fused-ring (bicyclic) bond motifs is 2. The van der Waals surface area contributed by atoms with Crippen LogP contribution in [-0.2, 0) is 9.53 Å². The van der Waals surface area contributed by atoms with Crippen LogP contribution in [-0.4, -0.2) is 17.5 Å². The van der Waals surface area contributed by atoms with Gasteiger partial charge in [0.2, 0.25) is 0 Å². The van der Waals surface area contributed by atoms with Crippen LogP contribution in [0.1, 0.15) is 66.7 Å². The minimum absolute atomic E-state index is 0.0548. The highest BCUT2D eigenvalue weighted by Gasteiger charge is 2.53. The fourth-order valence-electron chi connectivity index (χ4n) is 4.41. The molecule has 3 rings (SSSR count). The van der Waals surface area contributed by atoms with Gasteiger partial charge in [-0.05, 0) is 63.9 Å². The van der Waals surface area contributed by atoms with Gasteiger partial charge in [-0.2, -0.15) is 0 Å². The van der Waals surface area contributed by atoms with Gasteiger partial charge in [-0.3, -0.25) is 4.79 Å². The molecule has 1 heterocycles. The molecule has 2 heteroatoms.